The molecule has 0 spiro atoms. The topological polar surface area (TPSA) is 16.1 Å². The van der Waals surface area contributed by atoms with Crippen molar-refractivity contribution in [3.63, 3.8) is 0 Å². The third kappa shape index (κ3) is 3.32. The average Bonchev–Trinajstić information content (AvgIpc) is 2.20. The molecule has 0 aliphatic rings. The summed E-state index contributed by atoms with van der Waals surface area (Å²) in [5.74, 6) is 0.145. The van der Waals surface area contributed by atoms with Crippen LogP contribution in [0.4, 0.5) is 10.2 Å². The van der Waals surface area contributed by atoms with Crippen LogP contribution < -0.4 is 4.90 Å². The van der Waals surface area contributed by atoms with Crippen LogP contribution in [0.5, 0.6) is 0 Å². The van der Waals surface area contributed by atoms with E-state index in [2.05, 4.69) is 4.98 Å². The lowest BCUT2D eigenvalue weighted by atomic mass is 10.2. The minimum Gasteiger partial charge on any atom is -0.360 e. The summed E-state index contributed by atoms with van der Waals surface area (Å²) < 4.78 is 13.2. The molecule has 14 heavy (non-hydrogen) atoms. The molecule has 1 heterocycles. The zero-order valence-electron chi connectivity index (χ0n) is 9.63. The van der Waals surface area contributed by atoms with Crippen LogP contribution in [0.2, 0.25) is 0 Å². The Morgan fingerprint density at radius 3 is 2.29 bits per heavy atom. The molecule has 0 atom stereocenters. The van der Waals surface area contributed by atoms with E-state index in [-0.39, 0.29) is 5.82 Å². The van der Waals surface area contributed by atoms with Gasteiger partial charge in [-0.25, -0.2) is 9.37 Å². The third-order valence-corrected chi connectivity index (χ3v) is 1.71. The maximum absolute atomic E-state index is 13.2. The molecular weight excluding hydrogens is 179 g/mol. The standard InChI is InChI=1S/C9H13FN2.C2H6/c1-4-7-5-8(10)9(11-6-7)12(2)3;1-2/h5-6H,4H2,1-3H3;1-2H3. The van der Waals surface area contributed by atoms with Crippen molar-refractivity contribution in [1.82, 2.24) is 4.98 Å². The highest BCUT2D eigenvalue weighted by molar-refractivity contribution is 5.39. The SMILES string of the molecule is CC.CCc1cnc(N(C)C)c(F)c1. The monoisotopic (exact) mass is 198 g/mol. The summed E-state index contributed by atoms with van der Waals surface area (Å²) in [6.45, 7) is 5.98. The molecule has 3 heteroatoms. The molecule has 0 fully saturated rings. The van der Waals surface area contributed by atoms with Gasteiger partial charge in [-0.2, -0.15) is 0 Å². The molecule has 0 N–H and O–H groups in total. The molecule has 1 aromatic rings. The van der Waals surface area contributed by atoms with E-state index in [1.807, 2.05) is 20.8 Å². The first-order valence-electron chi connectivity index (χ1n) is 4.97. The van der Waals surface area contributed by atoms with Crippen LogP contribution in [0.3, 0.4) is 0 Å². The smallest absolute Gasteiger partial charge is 0.165 e. The Kier molecular flexibility index (Phi) is 5.84. The van der Waals surface area contributed by atoms with Crippen LogP contribution in [0.15, 0.2) is 12.3 Å². The second kappa shape index (κ2) is 6.35. The highest BCUT2D eigenvalue weighted by atomic mass is 19.1. The van der Waals surface area contributed by atoms with Crippen LogP contribution in [0, 0.1) is 5.82 Å². The van der Waals surface area contributed by atoms with Gasteiger partial charge in [-0.15, -0.1) is 0 Å². The molecule has 0 amide bonds. The van der Waals surface area contributed by atoms with Crippen LogP contribution in [0.1, 0.15) is 26.3 Å². The fraction of sp³-hybridized carbons (Fsp3) is 0.545. The lowest BCUT2D eigenvalue weighted by Gasteiger charge is -2.12. The number of aromatic nitrogens is 1. The van der Waals surface area contributed by atoms with Gasteiger partial charge in [0.2, 0.25) is 0 Å². The van der Waals surface area contributed by atoms with Gasteiger partial charge in [-0.1, -0.05) is 20.8 Å². The van der Waals surface area contributed by atoms with Crippen molar-refractivity contribution in [3.8, 4) is 0 Å². The first-order chi connectivity index (χ1) is 6.65. The number of halogens is 1. The number of nitrogens with zero attached hydrogens (tertiary/aromatic N) is 2. The van der Waals surface area contributed by atoms with E-state index in [4.69, 9.17) is 0 Å². The first-order valence-corrected chi connectivity index (χ1v) is 4.97. The van der Waals surface area contributed by atoms with Gasteiger partial charge in [0, 0.05) is 20.3 Å². The summed E-state index contributed by atoms with van der Waals surface area (Å²) in [5.41, 5.74) is 0.929. The van der Waals surface area contributed by atoms with Crippen molar-refractivity contribution in [1.29, 1.82) is 0 Å². The van der Waals surface area contributed by atoms with E-state index >= 15 is 0 Å². The molecule has 0 aliphatic carbocycles. The van der Waals surface area contributed by atoms with Crippen molar-refractivity contribution in [2.75, 3.05) is 19.0 Å². The average molecular weight is 198 g/mol. The molecular formula is C11H19FN2. The summed E-state index contributed by atoms with van der Waals surface area (Å²) in [6, 6.07) is 1.53. The maximum Gasteiger partial charge on any atom is 0.165 e. The number of hydrogen-bond donors (Lipinski definition) is 0. The van der Waals surface area contributed by atoms with E-state index in [0.717, 1.165) is 12.0 Å². The first kappa shape index (κ1) is 12.9. The minimum atomic E-state index is -0.251. The molecule has 80 valence electrons. The second-order valence-electron chi connectivity index (χ2n) is 2.90. The van der Waals surface area contributed by atoms with E-state index in [0.29, 0.717) is 5.82 Å². The summed E-state index contributed by atoms with van der Waals surface area (Å²) in [6.07, 6.45) is 2.52. The summed E-state index contributed by atoms with van der Waals surface area (Å²) in [4.78, 5) is 5.66. The van der Waals surface area contributed by atoms with Gasteiger partial charge >= 0.3 is 0 Å². The minimum absolute atomic E-state index is 0.251. The normalized spacial score (nSPS) is 9.00. The van der Waals surface area contributed by atoms with Gasteiger partial charge in [0.05, 0.1) is 0 Å². The van der Waals surface area contributed by atoms with Crippen molar-refractivity contribution in [3.05, 3.63) is 23.6 Å². The van der Waals surface area contributed by atoms with Gasteiger partial charge in [0.15, 0.2) is 11.6 Å². The third-order valence-electron chi connectivity index (χ3n) is 1.71. The maximum atomic E-state index is 13.2. The number of aryl methyl sites for hydroxylation is 1. The van der Waals surface area contributed by atoms with Crippen LogP contribution in [0.25, 0.3) is 0 Å². The van der Waals surface area contributed by atoms with Crippen LogP contribution >= 0.6 is 0 Å². The zero-order valence-corrected chi connectivity index (χ0v) is 9.63. The second-order valence-corrected chi connectivity index (χ2v) is 2.90. The molecule has 0 saturated heterocycles. The molecule has 0 radical (unpaired) electrons. The van der Waals surface area contributed by atoms with Gasteiger partial charge in [-0.05, 0) is 18.1 Å². The summed E-state index contributed by atoms with van der Waals surface area (Å²) >= 11 is 0. The van der Waals surface area contributed by atoms with Crippen LogP contribution in [-0.2, 0) is 6.42 Å². The van der Waals surface area contributed by atoms with Crippen molar-refractivity contribution >= 4 is 5.82 Å². The Bertz CT molecular complexity index is 272. The Morgan fingerprint density at radius 2 is 1.93 bits per heavy atom. The molecule has 1 rings (SSSR count). The molecule has 1 aromatic heterocycles. The Morgan fingerprint density at radius 1 is 1.36 bits per heavy atom. The van der Waals surface area contributed by atoms with Gasteiger partial charge in [0.25, 0.3) is 0 Å². The summed E-state index contributed by atoms with van der Waals surface area (Å²) in [7, 11) is 3.55. The number of hydrogen-bond acceptors (Lipinski definition) is 2. The fourth-order valence-electron chi connectivity index (χ4n) is 0.993. The highest BCUT2D eigenvalue weighted by Crippen LogP contribution is 2.14. The lowest BCUT2D eigenvalue weighted by molar-refractivity contribution is 0.617. The quantitative estimate of drug-likeness (QED) is 0.726. The molecule has 2 nitrogen and oxygen atoms in total. The Hall–Kier alpha value is -1.12. The molecule has 0 aliphatic heterocycles. The molecule has 0 aromatic carbocycles. The molecule has 0 unspecified atom stereocenters. The number of anilines is 1. The van der Waals surface area contributed by atoms with E-state index < -0.39 is 0 Å². The number of rotatable bonds is 2. The van der Waals surface area contributed by atoms with Gasteiger partial charge in [0.1, 0.15) is 0 Å². The predicted molar refractivity (Wildman–Crippen MR) is 59.2 cm³/mol. The lowest BCUT2D eigenvalue weighted by Crippen LogP contribution is -2.12. The predicted octanol–water partition coefficient (Wildman–Crippen LogP) is 2.88. The fourth-order valence-corrected chi connectivity index (χ4v) is 0.993. The van der Waals surface area contributed by atoms with Crippen molar-refractivity contribution < 1.29 is 4.39 Å². The Balaban J connectivity index is 0.000000791. The van der Waals surface area contributed by atoms with Crippen molar-refractivity contribution in [2.45, 2.75) is 27.2 Å². The molecule has 0 saturated carbocycles. The number of pyridine rings is 1. The van der Waals surface area contributed by atoms with Crippen molar-refractivity contribution in [2.24, 2.45) is 0 Å². The Labute approximate surface area is 85.8 Å². The highest BCUT2D eigenvalue weighted by Gasteiger charge is 2.05. The van der Waals surface area contributed by atoms with E-state index in [1.165, 1.54) is 6.07 Å². The van der Waals surface area contributed by atoms with E-state index in [9.17, 15) is 4.39 Å². The molecule has 0 bridgehead atoms. The summed E-state index contributed by atoms with van der Waals surface area (Å²) in [5, 5.41) is 0. The largest absolute Gasteiger partial charge is 0.360 e. The van der Waals surface area contributed by atoms with Gasteiger partial charge < -0.3 is 4.90 Å². The van der Waals surface area contributed by atoms with E-state index in [1.54, 1.807) is 25.2 Å². The van der Waals surface area contributed by atoms with Crippen LogP contribution in [-0.4, -0.2) is 19.1 Å². The zero-order chi connectivity index (χ0) is 11.1. The van der Waals surface area contributed by atoms with Gasteiger partial charge in [-0.3, -0.25) is 0 Å².